The Hall–Kier alpha value is -1.78. The summed E-state index contributed by atoms with van der Waals surface area (Å²) < 4.78 is 12.5. The van der Waals surface area contributed by atoms with Gasteiger partial charge in [-0.25, -0.2) is 0 Å². The predicted octanol–water partition coefficient (Wildman–Crippen LogP) is 5.01. The molecule has 0 spiro atoms. The van der Waals surface area contributed by atoms with Crippen molar-refractivity contribution in [3.63, 3.8) is 0 Å². The molecule has 1 aliphatic rings. The van der Waals surface area contributed by atoms with Crippen LogP contribution >= 0.6 is 0 Å². The maximum absolute atomic E-state index is 11.0. The fourth-order valence-electron chi connectivity index (χ4n) is 3.66. The SMILES string of the molecule is CCCCc1c(C)c(-c2ccccc2)cc(O)c1B1OC(C)(C)C(C)(C)O1. The Labute approximate surface area is 163 Å². The van der Waals surface area contributed by atoms with E-state index in [1.54, 1.807) is 0 Å². The number of hydrogen-bond donors (Lipinski definition) is 1. The van der Waals surface area contributed by atoms with E-state index in [4.69, 9.17) is 9.31 Å². The van der Waals surface area contributed by atoms with Crippen LogP contribution in [0, 0.1) is 6.92 Å². The normalized spacial score (nSPS) is 18.1. The summed E-state index contributed by atoms with van der Waals surface area (Å²) in [5, 5.41) is 11.0. The molecule has 4 heteroatoms. The van der Waals surface area contributed by atoms with Crippen molar-refractivity contribution in [1.82, 2.24) is 0 Å². The number of rotatable bonds is 5. The van der Waals surface area contributed by atoms with Crippen molar-refractivity contribution in [3.05, 3.63) is 47.5 Å². The number of aromatic hydroxyl groups is 1. The minimum atomic E-state index is -0.551. The van der Waals surface area contributed by atoms with Crippen molar-refractivity contribution >= 4 is 12.6 Å². The van der Waals surface area contributed by atoms with Crippen LogP contribution < -0.4 is 5.46 Å². The second-order valence-electron chi connectivity index (χ2n) is 8.52. The largest absolute Gasteiger partial charge is 0.508 e. The van der Waals surface area contributed by atoms with Gasteiger partial charge in [0, 0.05) is 5.46 Å². The zero-order valence-corrected chi connectivity index (χ0v) is 17.4. The molecule has 0 radical (unpaired) electrons. The van der Waals surface area contributed by atoms with Gasteiger partial charge in [-0.05, 0) is 75.8 Å². The first-order valence-corrected chi connectivity index (χ1v) is 9.94. The lowest BCUT2D eigenvalue weighted by molar-refractivity contribution is 0.00578. The van der Waals surface area contributed by atoms with Crippen LogP contribution in [0.5, 0.6) is 5.75 Å². The molecule has 2 aromatic rings. The molecule has 1 N–H and O–H groups in total. The fraction of sp³-hybridized carbons (Fsp3) is 0.478. The summed E-state index contributed by atoms with van der Waals surface area (Å²) in [6, 6.07) is 12.1. The first-order chi connectivity index (χ1) is 12.7. The molecule has 1 fully saturated rings. The molecule has 0 aromatic heterocycles. The van der Waals surface area contributed by atoms with Gasteiger partial charge in [-0.2, -0.15) is 0 Å². The molecule has 1 heterocycles. The van der Waals surface area contributed by atoms with E-state index in [-0.39, 0.29) is 5.75 Å². The van der Waals surface area contributed by atoms with Crippen LogP contribution in [0.1, 0.15) is 58.6 Å². The molecule has 0 bridgehead atoms. The molecule has 0 unspecified atom stereocenters. The van der Waals surface area contributed by atoms with E-state index in [0.717, 1.165) is 41.4 Å². The van der Waals surface area contributed by atoms with Gasteiger partial charge in [0.1, 0.15) is 5.75 Å². The summed E-state index contributed by atoms with van der Waals surface area (Å²) in [7, 11) is -0.551. The fourth-order valence-corrected chi connectivity index (χ4v) is 3.66. The van der Waals surface area contributed by atoms with Crippen LogP contribution in [-0.4, -0.2) is 23.4 Å². The third kappa shape index (κ3) is 3.65. The summed E-state index contributed by atoms with van der Waals surface area (Å²) >= 11 is 0. The molecule has 2 aromatic carbocycles. The third-order valence-electron chi connectivity index (χ3n) is 6.09. The molecule has 1 aliphatic heterocycles. The molecule has 0 saturated carbocycles. The first-order valence-electron chi connectivity index (χ1n) is 9.94. The van der Waals surface area contributed by atoms with Crippen molar-refractivity contribution in [2.75, 3.05) is 0 Å². The van der Waals surface area contributed by atoms with Gasteiger partial charge in [0.15, 0.2) is 0 Å². The zero-order chi connectivity index (χ0) is 19.8. The van der Waals surface area contributed by atoms with Crippen LogP contribution in [-0.2, 0) is 15.7 Å². The topological polar surface area (TPSA) is 38.7 Å². The van der Waals surface area contributed by atoms with Gasteiger partial charge in [0.25, 0.3) is 0 Å². The highest BCUT2D eigenvalue weighted by Gasteiger charge is 2.53. The van der Waals surface area contributed by atoms with Gasteiger partial charge in [-0.1, -0.05) is 43.7 Å². The molecule has 0 atom stereocenters. The third-order valence-corrected chi connectivity index (χ3v) is 6.09. The van der Waals surface area contributed by atoms with Crippen molar-refractivity contribution in [2.24, 2.45) is 0 Å². The number of unbranched alkanes of at least 4 members (excludes halogenated alkanes) is 1. The van der Waals surface area contributed by atoms with Crippen LogP contribution in [0.3, 0.4) is 0 Å². The van der Waals surface area contributed by atoms with Gasteiger partial charge in [0.2, 0.25) is 0 Å². The monoisotopic (exact) mass is 366 g/mol. The first kappa shape index (κ1) is 20.0. The highest BCUT2D eigenvalue weighted by Crippen LogP contribution is 2.39. The highest BCUT2D eigenvalue weighted by molar-refractivity contribution is 6.63. The molecule has 0 amide bonds. The summed E-state index contributed by atoms with van der Waals surface area (Å²) in [5.41, 5.74) is 4.45. The highest BCUT2D eigenvalue weighted by atomic mass is 16.7. The zero-order valence-electron chi connectivity index (χ0n) is 17.4. The Bertz CT molecular complexity index is 796. The standard InChI is InChI=1S/C23H31BO3/c1-7-8-14-18-16(2)19(17-12-10-9-11-13-17)15-20(25)21(18)24-26-22(3,4)23(5,6)27-24/h9-13,15,25H,7-8,14H2,1-6H3. The van der Waals surface area contributed by atoms with Crippen molar-refractivity contribution in [2.45, 2.75) is 72.0 Å². The van der Waals surface area contributed by atoms with Gasteiger partial charge < -0.3 is 14.4 Å². The summed E-state index contributed by atoms with van der Waals surface area (Å²) in [5.74, 6) is 0.254. The molecule has 27 heavy (non-hydrogen) atoms. The number of phenolic OH excluding ortho intramolecular Hbond substituents is 1. The Balaban J connectivity index is 2.13. The van der Waals surface area contributed by atoms with Crippen molar-refractivity contribution < 1.29 is 14.4 Å². The van der Waals surface area contributed by atoms with Gasteiger partial charge in [-0.3, -0.25) is 0 Å². The summed E-state index contributed by atoms with van der Waals surface area (Å²) in [4.78, 5) is 0. The Morgan fingerprint density at radius 2 is 1.59 bits per heavy atom. The summed E-state index contributed by atoms with van der Waals surface area (Å²) in [6.07, 6.45) is 3.06. The Morgan fingerprint density at radius 1 is 1.00 bits per heavy atom. The second-order valence-corrected chi connectivity index (χ2v) is 8.52. The smallest absolute Gasteiger partial charge is 0.498 e. The lowest BCUT2D eigenvalue weighted by atomic mass is 9.71. The molecular formula is C23H31BO3. The Kier molecular flexibility index (Phi) is 5.42. The molecule has 144 valence electrons. The number of phenols is 1. The minimum absolute atomic E-state index is 0.254. The van der Waals surface area contributed by atoms with Crippen LogP contribution in [0.2, 0.25) is 0 Å². The van der Waals surface area contributed by atoms with E-state index in [1.165, 1.54) is 5.56 Å². The molecule has 0 aliphatic carbocycles. The van der Waals surface area contributed by atoms with Crippen LogP contribution in [0.25, 0.3) is 11.1 Å². The maximum Gasteiger partial charge on any atom is 0.498 e. The second kappa shape index (κ2) is 7.33. The van der Waals surface area contributed by atoms with Gasteiger partial charge >= 0.3 is 7.12 Å². The van der Waals surface area contributed by atoms with Gasteiger partial charge in [-0.15, -0.1) is 0 Å². The number of benzene rings is 2. The van der Waals surface area contributed by atoms with Crippen molar-refractivity contribution in [1.29, 1.82) is 0 Å². The van der Waals surface area contributed by atoms with E-state index < -0.39 is 18.3 Å². The quantitative estimate of drug-likeness (QED) is 0.756. The maximum atomic E-state index is 11.0. The average Bonchev–Trinajstić information content (AvgIpc) is 2.83. The molecule has 1 saturated heterocycles. The van der Waals surface area contributed by atoms with E-state index in [9.17, 15) is 5.11 Å². The average molecular weight is 366 g/mol. The minimum Gasteiger partial charge on any atom is -0.508 e. The van der Waals surface area contributed by atoms with Crippen LogP contribution in [0.4, 0.5) is 0 Å². The molecular weight excluding hydrogens is 335 g/mol. The predicted molar refractivity (Wildman–Crippen MR) is 113 cm³/mol. The van der Waals surface area contributed by atoms with E-state index in [2.05, 4.69) is 26.0 Å². The number of hydrogen-bond acceptors (Lipinski definition) is 3. The van der Waals surface area contributed by atoms with E-state index in [0.29, 0.717) is 0 Å². The van der Waals surface area contributed by atoms with Crippen molar-refractivity contribution in [3.8, 4) is 16.9 Å². The molecule has 3 rings (SSSR count). The Morgan fingerprint density at radius 3 is 2.15 bits per heavy atom. The lowest BCUT2D eigenvalue weighted by Crippen LogP contribution is -2.41. The lowest BCUT2D eigenvalue weighted by Gasteiger charge is -2.32. The van der Waals surface area contributed by atoms with Gasteiger partial charge in [0.05, 0.1) is 11.2 Å². The summed E-state index contributed by atoms with van der Waals surface area (Å²) in [6.45, 7) is 12.5. The molecule has 3 nitrogen and oxygen atoms in total. The van der Waals surface area contributed by atoms with E-state index >= 15 is 0 Å². The van der Waals surface area contributed by atoms with E-state index in [1.807, 2.05) is 52.0 Å². The van der Waals surface area contributed by atoms with Crippen LogP contribution in [0.15, 0.2) is 36.4 Å².